The first-order chi connectivity index (χ1) is 12.1. The monoisotopic (exact) mass is 338 g/mol. The topological polar surface area (TPSA) is 62.0 Å². The van der Waals surface area contributed by atoms with Gasteiger partial charge >= 0.3 is 0 Å². The zero-order chi connectivity index (χ0) is 17.6. The first kappa shape index (κ1) is 17.5. The summed E-state index contributed by atoms with van der Waals surface area (Å²) in [6.45, 7) is 2.67. The molecule has 2 aromatic rings. The molecule has 1 aliphatic rings. The summed E-state index contributed by atoms with van der Waals surface area (Å²) in [5.74, 6) is 0.0140. The molecule has 0 aliphatic heterocycles. The molecular weight excluding hydrogens is 312 g/mol. The second-order valence-electron chi connectivity index (χ2n) is 6.87. The maximum atomic E-state index is 12.2. The Morgan fingerprint density at radius 3 is 2.92 bits per heavy atom. The molecule has 3 rings (SSSR count). The summed E-state index contributed by atoms with van der Waals surface area (Å²) in [5.41, 5.74) is 3.97. The van der Waals surface area contributed by atoms with Gasteiger partial charge in [0.2, 0.25) is 5.91 Å². The van der Waals surface area contributed by atoms with Crippen molar-refractivity contribution in [2.24, 2.45) is 0 Å². The summed E-state index contributed by atoms with van der Waals surface area (Å²) in [7, 11) is 0. The lowest BCUT2D eigenvalue weighted by Gasteiger charge is -2.13. The molecule has 1 amide bonds. The summed E-state index contributed by atoms with van der Waals surface area (Å²) in [6, 6.07) is 7.85. The lowest BCUT2D eigenvalue weighted by Crippen LogP contribution is -2.26. The van der Waals surface area contributed by atoms with E-state index in [1.54, 1.807) is 0 Å². The molecule has 4 nitrogen and oxygen atoms in total. The van der Waals surface area contributed by atoms with E-state index in [1.165, 1.54) is 31.3 Å². The molecule has 1 heterocycles. The quantitative estimate of drug-likeness (QED) is 0.788. The number of hydrogen-bond acceptors (Lipinski definition) is 2. The molecule has 0 spiro atoms. The third kappa shape index (κ3) is 4.59. The first-order valence-corrected chi connectivity index (χ1v) is 9.19. The fourth-order valence-electron chi connectivity index (χ4n) is 3.45. The van der Waals surface area contributed by atoms with Crippen molar-refractivity contribution in [3.63, 3.8) is 0 Å². The second kappa shape index (κ2) is 8.15. The van der Waals surface area contributed by atoms with Crippen molar-refractivity contribution in [2.75, 3.05) is 6.54 Å². The van der Waals surface area contributed by atoms with Crippen molar-refractivity contribution in [3.05, 3.63) is 57.4 Å². The summed E-state index contributed by atoms with van der Waals surface area (Å²) >= 11 is 0. The van der Waals surface area contributed by atoms with Gasteiger partial charge in [-0.25, -0.2) is 0 Å². The number of aromatic amines is 1. The van der Waals surface area contributed by atoms with Crippen LogP contribution >= 0.6 is 0 Å². The molecule has 1 aliphatic carbocycles. The molecule has 0 saturated carbocycles. The maximum Gasteiger partial charge on any atom is 0.251 e. The van der Waals surface area contributed by atoms with Crippen LogP contribution in [0.3, 0.4) is 0 Å². The minimum absolute atomic E-state index is 0.0140. The number of carbonyl (C=O) groups is 1. The van der Waals surface area contributed by atoms with Gasteiger partial charge in [-0.3, -0.25) is 9.59 Å². The SMILES string of the molecule is Cc1cccc2cc(CCC(=O)NCCC3=CCCCC3)c(=O)[nH]c12. The highest BCUT2D eigenvalue weighted by molar-refractivity contribution is 5.82. The van der Waals surface area contributed by atoms with Crippen molar-refractivity contribution in [1.29, 1.82) is 0 Å². The normalized spacial score (nSPS) is 14.4. The van der Waals surface area contributed by atoms with Crippen LogP contribution in [0.15, 0.2) is 40.7 Å². The number of allylic oxidation sites excluding steroid dienone is 1. The van der Waals surface area contributed by atoms with Gasteiger partial charge in [0.1, 0.15) is 0 Å². The molecule has 0 atom stereocenters. The third-order valence-electron chi connectivity index (χ3n) is 4.94. The lowest BCUT2D eigenvalue weighted by atomic mass is 9.97. The molecular formula is C21H26N2O2. The Hall–Kier alpha value is -2.36. The minimum Gasteiger partial charge on any atom is -0.356 e. The van der Waals surface area contributed by atoms with Gasteiger partial charge in [-0.2, -0.15) is 0 Å². The van der Waals surface area contributed by atoms with E-state index in [2.05, 4.69) is 16.4 Å². The van der Waals surface area contributed by atoms with Crippen molar-refractivity contribution in [3.8, 4) is 0 Å². The highest BCUT2D eigenvalue weighted by atomic mass is 16.1. The van der Waals surface area contributed by atoms with E-state index in [9.17, 15) is 9.59 Å². The number of carbonyl (C=O) groups excluding carboxylic acids is 1. The summed E-state index contributed by atoms with van der Waals surface area (Å²) in [4.78, 5) is 27.2. The van der Waals surface area contributed by atoms with Crippen LogP contribution < -0.4 is 10.9 Å². The molecule has 0 fully saturated rings. The van der Waals surface area contributed by atoms with Gasteiger partial charge in [-0.05, 0) is 62.5 Å². The van der Waals surface area contributed by atoms with Crippen LogP contribution in [0.4, 0.5) is 0 Å². The Morgan fingerprint density at radius 1 is 1.24 bits per heavy atom. The number of nitrogens with one attached hydrogen (secondary N) is 2. The van der Waals surface area contributed by atoms with E-state index in [1.807, 2.05) is 31.2 Å². The molecule has 0 radical (unpaired) electrons. The van der Waals surface area contributed by atoms with E-state index >= 15 is 0 Å². The Morgan fingerprint density at radius 2 is 2.12 bits per heavy atom. The van der Waals surface area contributed by atoms with Gasteiger partial charge < -0.3 is 10.3 Å². The molecule has 0 unspecified atom stereocenters. The fraction of sp³-hybridized carbons (Fsp3) is 0.429. The fourth-order valence-corrected chi connectivity index (χ4v) is 3.45. The van der Waals surface area contributed by atoms with Crippen LogP contribution in [-0.4, -0.2) is 17.4 Å². The Labute approximate surface area is 148 Å². The number of para-hydroxylation sites is 1. The van der Waals surface area contributed by atoms with Gasteiger partial charge in [-0.15, -0.1) is 0 Å². The van der Waals surface area contributed by atoms with Crippen LogP contribution in [0.1, 0.15) is 49.7 Å². The van der Waals surface area contributed by atoms with Crippen LogP contribution in [0.25, 0.3) is 10.9 Å². The largest absolute Gasteiger partial charge is 0.356 e. The zero-order valence-corrected chi connectivity index (χ0v) is 14.9. The maximum absolute atomic E-state index is 12.2. The van der Waals surface area contributed by atoms with Gasteiger partial charge in [0.25, 0.3) is 5.56 Å². The molecule has 0 bridgehead atoms. The number of fused-ring (bicyclic) bond motifs is 1. The van der Waals surface area contributed by atoms with E-state index in [0.29, 0.717) is 24.9 Å². The number of benzene rings is 1. The molecule has 1 aromatic carbocycles. The first-order valence-electron chi connectivity index (χ1n) is 9.19. The number of hydrogen-bond donors (Lipinski definition) is 2. The van der Waals surface area contributed by atoms with Crippen LogP contribution in [-0.2, 0) is 11.2 Å². The number of rotatable bonds is 6. The number of amides is 1. The smallest absolute Gasteiger partial charge is 0.251 e. The zero-order valence-electron chi connectivity index (χ0n) is 14.9. The van der Waals surface area contributed by atoms with Crippen LogP contribution in [0.2, 0.25) is 0 Å². The van der Waals surface area contributed by atoms with E-state index in [-0.39, 0.29) is 11.5 Å². The van der Waals surface area contributed by atoms with E-state index in [4.69, 9.17) is 0 Å². The van der Waals surface area contributed by atoms with Crippen LogP contribution in [0, 0.1) is 6.92 Å². The predicted molar refractivity (Wildman–Crippen MR) is 102 cm³/mol. The van der Waals surface area contributed by atoms with Gasteiger partial charge in [0.15, 0.2) is 0 Å². The molecule has 0 saturated heterocycles. The molecule has 132 valence electrons. The Bertz CT molecular complexity index is 849. The van der Waals surface area contributed by atoms with Gasteiger partial charge in [0.05, 0.1) is 5.52 Å². The molecule has 25 heavy (non-hydrogen) atoms. The Balaban J connectivity index is 1.53. The van der Waals surface area contributed by atoms with Gasteiger partial charge in [-0.1, -0.05) is 29.8 Å². The number of aromatic nitrogens is 1. The van der Waals surface area contributed by atoms with E-state index < -0.39 is 0 Å². The van der Waals surface area contributed by atoms with Gasteiger partial charge in [0, 0.05) is 18.5 Å². The molecule has 4 heteroatoms. The van der Waals surface area contributed by atoms with Crippen molar-refractivity contribution in [2.45, 2.75) is 51.9 Å². The average Bonchev–Trinajstić information content (AvgIpc) is 2.62. The van der Waals surface area contributed by atoms with Crippen molar-refractivity contribution >= 4 is 16.8 Å². The summed E-state index contributed by atoms with van der Waals surface area (Å²) < 4.78 is 0. The van der Waals surface area contributed by atoms with E-state index in [0.717, 1.165) is 22.9 Å². The van der Waals surface area contributed by atoms with Crippen molar-refractivity contribution in [1.82, 2.24) is 10.3 Å². The number of pyridine rings is 1. The Kier molecular flexibility index (Phi) is 5.69. The number of H-pyrrole nitrogens is 1. The second-order valence-corrected chi connectivity index (χ2v) is 6.87. The summed E-state index contributed by atoms with van der Waals surface area (Å²) in [6.07, 6.45) is 8.97. The highest BCUT2D eigenvalue weighted by Gasteiger charge is 2.08. The van der Waals surface area contributed by atoms with Crippen molar-refractivity contribution < 1.29 is 4.79 Å². The number of aryl methyl sites for hydroxylation is 2. The molecule has 1 aromatic heterocycles. The highest BCUT2D eigenvalue weighted by Crippen LogP contribution is 2.19. The van der Waals surface area contributed by atoms with Crippen LogP contribution in [0.5, 0.6) is 0 Å². The predicted octanol–water partition coefficient (Wildman–Crippen LogP) is 3.78. The summed E-state index contributed by atoms with van der Waals surface area (Å²) in [5, 5.41) is 3.99. The average molecular weight is 338 g/mol. The molecule has 2 N–H and O–H groups in total. The lowest BCUT2D eigenvalue weighted by molar-refractivity contribution is -0.121. The third-order valence-corrected chi connectivity index (χ3v) is 4.94. The standard InChI is InChI=1S/C21H26N2O2/c1-15-6-5-9-17-14-18(21(25)23-20(15)17)10-11-19(24)22-13-12-16-7-3-2-4-8-16/h5-7,9,14H,2-4,8,10-13H2,1H3,(H,22,24)(H,23,25). The minimum atomic E-state index is -0.0954.